The van der Waals surface area contributed by atoms with Crippen molar-refractivity contribution in [2.45, 2.75) is 19.8 Å². The van der Waals surface area contributed by atoms with Crippen LogP contribution in [0.3, 0.4) is 0 Å². The van der Waals surface area contributed by atoms with E-state index in [-0.39, 0.29) is 17.6 Å². The highest BCUT2D eigenvalue weighted by molar-refractivity contribution is 5.79. The van der Waals surface area contributed by atoms with E-state index >= 15 is 0 Å². The lowest BCUT2D eigenvalue weighted by atomic mass is 9.95. The number of benzene rings is 1. The molecule has 0 saturated carbocycles. The second-order valence-electron chi connectivity index (χ2n) is 8.60. The van der Waals surface area contributed by atoms with Gasteiger partial charge in [-0.2, -0.15) is 0 Å². The molecule has 2 fully saturated rings. The first-order valence-electron chi connectivity index (χ1n) is 11.5. The largest absolute Gasteiger partial charge is 0.366 e. The van der Waals surface area contributed by atoms with Gasteiger partial charge in [0.05, 0.1) is 5.69 Å². The van der Waals surface area contributed by atoms with Crippen LogP contribution < -0.4 is 9.80 Å². The monoisotopic (exact) mass is 449 g/mol. The number of carbonyl (C=O) groups excluding carboxylic acids is 1. The molecule has 172 valence electrons. The van der Waals surface area contributed by atoms with Gasteiger partial charge in [0.1, 0.15) is 29.6 Å². The first-order chi connectivity index (χ1) is 16.1. The number of imidazole rings is 1. The summed E-state index contributed by atoms with van der Waals surface area (Å²) in [6.45, 7) is 6.08. The molecule has 2 saturated heterocycles. The summed E-state index contributed by atoms with van der Waals surface area (Å²) < 4.78 is 16.0. The Bertz CT molecular complexity index is 1120. The van der Waals surface area contributed by atoms with Gasteiger partial charge in [0.25, 0.3) is 0 Å². The summed E-state index contributed by atoms with van der Waals surface area (Å²) in [6.07, 6.45) is 6.82. The number of aryl methyl sites for hydroxylation is 1. The molecule has 2 aromatic heterocycles. The highest BCUT2D eigenvalue weighted by Gasteiger charge is 2.31. The Morgan fingerprint density at radius 2 is 1.67 bits per heavy atom. The third-order valence-corrected chi connectivity index (χ3v) is 6.66. The number of carbonyl (C=O) groups is 1. The minimum atomic E-state index is -0.208. The molecular formula is C24H28FN7O. The van der Waals surface area contributed by atoms with Gasteiger partial charge in [-0.1, -0.05) is 12.1 Å². The highest BCUT2D eigenvalue weighted by atomic mass is 19.1. The summed E-state index contributed by atoms with van der Waals surface area (Å²) in [5, 5.41) is 0. The zero-order valence-electron chi connectivity index (χ0n) is 18.8. The van der Waals surface area contributed by atoms with Gasteiger partial charge in [-0.05, 0) is 31.9 Å². The molecule has 0 atom stereocenters. The molecule has 2 aliphatic heterocycles. The predicted molar refractivity (Wildman–Crippen MR) is 124 cm³/mol. The highest BCUT2D eigenvalue weighted by Crippen LogP contribution is 2.26. The SMILES string of the molecule is Cc1nccn1-c1cc(N2CCC(C(=O)N3CCN(c4ccccc4F)CC3)CC2)ncn1. The Kier molecular flexibility index (Phi) is 5.93. The summed E-state index contributed by atoms with van der Waals surface area (Å²) >= 11 is 0. The molecule has 0 spiro atoms. The maximum absolute atomic E-state index is 14.1. The van der Waals surface area contributed by atoms with Crippen molar-refractivity contribution < 1.29 is 9.18 Å². The maximum Gasteiger partial charge on any atom is 0.225 e. The number of para-hydroxylation sites is 1. The molecule has 0 unspecified atom stereocenters. The van der Waals surface area contributed by atoms with Crippen LogP contribution in [0.5, 0.6) is 0 Å². The van der Waals surface area contributed by atoms with Crippen LogP contribution in [0.4, 0.5) is 15.9 Å². The Hall–Kier alpha value is -3.49. The lowest BCUT2D eigenvalue weighted by Gasteiger charge is -2.39. The first kappa shape index (κ1) is 21.4. The smallest absolute Gasteiger partial charge is 0.225 e. The number of aromatic nitrogens is 4. The van der Waals surface area contributed by atoms with Crippen LogP contribution in [-0.2, 0) is 4.79 Å². The number of nitrogens with zero attached hydrogens (tertiary/aromatic N) is 7. The molecule has 0 N–H and O–H groups in total. The second-order valence-corrected chi connectivity index (χ2v) is 8.60. The van der Waals surface area contributed by atoms with Crippen molar-refractivity contribution >= 4 is 17.4 Å². The summed E-state index contributed by atoms with van der Waals surface area (Å²) in [6, 6.07) is 8.80. The molecule has 0 aliphatic carbocycles. The van der Waals surface area contributed by atoms with Crippen molar-refractivity contribution in [3.05, 3.63) is 60.7 Å². The summed E-state index contributed by atoms with van der Waals surface area (Å²) in [4.78, 5) is 32.4. The number of amides is 1. The van der Waals surface area contributed by atoms with Gasteiger partial charge in [-0.25, -0.2) is 19.3 Å². The molecule has 5 rings (SSSR count). The number of rotatable bonds is 4. The minimum Gasteiger partial charge on any atom is -0.366 e. The van der Waals surface area contributed by atoms with Crippen molar-refractivity contribution in [1.82, 2.24) is 24.4 Å². The second kappa shape index (κ2) is 9.17. The van der Waals surface area contributed by atoms with Gasteiger partial charge in [0.15, 0.2) is 0 Å². The fraction of sp³-hybridized carbons (Fsp3) is 0.417. The molecule has 1 aromatic carbocycles. The molecule has 33 heavy (non-hydrogen) atoms. The number of halogens is 1. The van der Waals surface area contributed by atoms with Gasteiger partial charge in [0.2, 0.25) is 5.91 Å². The lowest BCUT2D eigenvalue weighted by Crippen LogP contribution is -2.52. The van der Waals surface area contributed by atoms with Gasteiger partial charge in [-0.15, -0.1) is 0 Å². The van der Waals surface area contributed by atoms with E-state index < -0.39 is 0 Å². The molecule has 9 heteroatoms. The zero-order chi connectivity index (χ0) is 22.8. The summed E-state index contributed by atoms with van der Waals surface area (Å²) in [7, 11) is 0. The average molecular weight is 450 g/mol. The summed E-state index contributed by atoms with van der Waals surface area (Å²) in [5.74, 6) is 2.58. The van der Waals surface area contributed by atoms with Gasteiger partial charge in [0, 0.05) is 63.6 Å². The molecule has 2 aliphatic rings. The number of hydrogen-bond acceptors (Lipinski definition) is 6. The Balaban J connectivity index is 1.16. The van der Waals surface area contributed by atoms with E-state index in [9.17, 15) is 9.18 Å². The van der Waals surface area contributed by atoms with Crippen LogP contribution >= 0.6 is 0 Å². The van der Waals surface area contributed by atoms with Crippen LogP contribution in [0.25, 0.3) is 5.82 Å². The minimum absolute atomic E-state index is 0.0264. The Morgan fingerprint density at radius 3 is 2.36 bits per heavy atom. The van der Waals surface area contributed by atoms with E-state index in [0.29, 0.717) is 31.9 Å². The maximum atomic E-state index is 14.1. The molecule has 4 heterocycles. The van der Waals surface area contributed by atoms with E-state index in [1.165, 1.54) is 6.07 Å². The third kappa shape index (κ3) is 4.40. The van der Waals surface area contributed by atoms with E-state index in [0.717, 1.165) is 43.4 Å². The zero-order valence-corrected chi connectivity index (χ0v) is 18.8. The summed E-state index contributed by atoms with van der Waals surface area (Å²) in [5.41, 5.74) is 0.619. The third-order valence-electron chi connectivity index (χ3n) is 6.66. The fourth-order valence-corrected chi connectivity index (χ4v) is 4.75. The predicted octanol–water partition coefficient (Wildman–Crippen LogP) is 2.68. The molecule has 1 amide bonds. The van der Waals surface area contributed by atoms with E-state index in [2.05, 4.69) is 19.9 Å². The van der Waals surface area contributed by atoms with Crippen LogP contribution in [0, 0.1) is 18.7 Å². The quantitative estimate of drug-likeness (QED) is 0.610. The average Bonchev–Trinajstić information content (AvgIpc) is 3.30. The molecule has 3 aromatic rings. The van der Waals surface area contributed by atoms with Gasteiger partial charge in [-0.3, -0.25) is 9.36 Å². The number of piperazine rings is 1. The van der Waals surface area contributed by atoms with Crippen LogP contribution in [0.2, 0.25) is 0 Å². The van der Waals surface area contributed by atoms with Gasteiger partial charge < -0.3 is 14.7 Å². The first-order valence-corrected chi connectivity index (χ1v) is 11.5. The Morgan fingerprint density at radius 1 is 0.939 bits per heavy atom. The fourth-order valence-electron chi connectivity index (χ4n) is 4.75. The number of piperidine rings is 1. The van der Waals surface area contributed by atoms with Crippen LogP contribution in [-0.4, -0.2) is 69.6 Å². The van der Waals surface area contributed by atoms with E-state index in [1.54, 1.807) is 24.7 Å². The van der Waals surface area contributed by atoms with Crippen molar-refractivity contribution in [3.8, 4) is 5.82 Å². The molecule has 0 bridgehead atoms. The van der Waals surface area contributed by atoms with Crippen molar-refractivity contribution in [2.75, 3.05) is 49.1 Å². The van der Waals surface area contributed by atoms with Crippen LogP contribution in [0.1, 0.15) is 18.7 Å². The van der Waals surface area contributed by atoms with Crippen molar-refractivity contribution in [2.24, 2.45) is 5.92 Å². The number of anilines is 2. The standard InChI is InChI=1S/C24H28FN7O/c1-18-26-8-11-32(18)23-16-22(27-17-28-23)30-9-6-19(7-10-30)24(33)31-14-12-29(13-15-31)21-5-3-2-4-20(21)25/h2-5,8,11,16-17,19H,6-7,9-10,12-15H2,1H3. The molecular weight excluding hydrogens is 421 g/mol. The van der Waals surface area contributed by atoms with Crippen LogP contribution in [0.15, 0.2) is 49.1 Å². The van der Waals surface area contributed by atoms with Crippen molar-refractivity contribution in [3.63, 3.8) is 0 Å². The Labute approximate surface area is 192 Å². The van der Waals surface area contributed by atoms with Crippen molar-refractivity contribution in [1.29, 1.82) is 0 Å². The van der Waals surface area contributed by atoms with E-state index in [1.807, 2.05) is 39.6 Å². The lowest BCUT2D eigenvalue weighted by molar-refractivity contribution is -0.136. The van der Waals surface area contributed by atoms with Gasteiger partial charge >= 0.3 is 0 Å². The topological polar surface area (TPSA) is 70.4 Å². The van der Waals surface area contributed by atoms with E-state index in [4.69, 9.17) is 0 Å². The molecule has 8 nitrogen and oxygen atoms in total. The molecule has 0 radical (unpaired) electrons. The number of hydrogen-bond donors (Lipinski definition) is 0. The normalized spacial score (nSPS) is 17.5.